The molecule has 1 heterocycles. The van der Waals surface area contributed by atoms with Crippen LogP contribution in [0, 0.1) is 0 Å². The van der Waals surface area contributed by atoms with E-state index in [2.05, 4.69) is 10.0 Å². The number of rotatable bonds is 4. The highest BCUT2D eigenvalue weighted by atomic mass is 35.5. The molecule has 0 radical (unpaired) electrons. The summed E-state index contributed by atoms with van der Waals surface area (Å²) < 4.78 is 49.7. The number of hydrogen-bond acceptors (Lipinski definition) is 5. The van der Waals surface area contributed by atoms with Crippen molar-refractivity contribution in [1.29, 1.82) is 0 Å². The summed E-state index contributed by atoms with van der Waals surface area (Å²) in [4.78, 5) is 0.196. The molecule has 0 saturated carbocycles. The third kappa shape index (κ3) is 4.93. The number of hydrogen-bond donors (Lipinski definition) is 2. The topological polar surface area (TPSA) is 92.3 Å². The van der Waals surface area contributed by atoms with Crippen molar-refractivity contribution in [2.75, 3.05) is 19.3 Å². The Labute approximate surface area is 131 Å². The van der Waals surface area contributed by atoms with Gasteiger partial charge in [0.2, 0.25) is 10.0 Å². The highest BCUT2D eigenvalue weighted by molar-refractivity contribution is 7.90. The summed E-state index contributed by atoms with van der Waals surface area (Å²) in [6.45, 7) is 1.58. The molecule has 1 fully saturated rings. The largest absolute Gasteiger partial charge is 0.317 e. The second kappa shape index (κ2) is 7.06. The van der Waals surface area contributed by atoms with Crippen LogP contribution in [0.25, 0.3) is 0 Å². The van der Waals surface area contributed by atoms with E-state index in [4.69, 9.17) is 0 Å². The van der Waals surface area contributed by atoms with Crippen molar-refractivity contribution >= 4 is 32.3 Å². The van der Waals surface area contributed by atoms with E-state index in [9.17, 15) is 16.8 Å². The first-order chi connectivity index (χ1) is 9.29. The molecule has 0 unspecified atom stereocenters. The van der Waals surface area contributed by atoms with Crippen LogP contribution in [-0.2, 0) is 19.9 Å². The van der Waals surface area contributed by atoms with Crippen molar-refractivity contribution in [1.82, 2.24) is 10.0 Å². The predicted octanol–water partition coefficient (Wildman–Crippen LogP) is 0.542. The molecule has 0 aliphatic carbocycles. The lowest BCUT2D eigenvalue weighted by Crippen LogP contribution is -2.42. The molecule has 1 saturated heterocycles. The Kier molecular flexibility index (Phi) is 6.18. The van der Waals surface area contributed by atoms with Crippen LogP contribution in [0.1, 0.15) is 12.8 Å². The summed E-state index contributed by atoms with van der Waals surface area (Å²) in [6.07, 6.45) is 2.59. The molecular weight excluding hydrogens is 336 g/mol. The number of benzene rings is 1. The van der Waals surface area contributed by atoms with E-state index < -0.39 is 19.9 Å². The third-order valence-corrected chi connectivity index (χ3v) is 5.89. The molecule has 9 heteroatoms. The van der Waals surface area contributed by atoms with Crippen LogP contribution in [0.3, 0.4) is 0 Å². The lowest BCUT2D eigenvalue weighted by Gasteiger charge is -2.23. The molecule has 2 N–H and O–H groups in total. The Hall–Kier alpha value is -0.670. The van der Waals surface area contributed by atoms with Crippen molar-refractivity contribution in [2.24, 2.45) is 0 Å². The first kappa shape index (κ1) is 18.4. The van der Waals surface area contributed by atoms with E-state index in [-0.39, 0.29) is 28.2 Å². The molecule has 2 rings (SSSR count). The zero-order valence-electron chi connectivity index (χ0n) is 11.6. The van der Waals surface area contributed by atoms with Gasteiger partial charge in [-0.25, -0.2) is 21.6 Å². The van der Waals surface area contributed by atoms with Crippen LogP contribution in [0.15, 0.2) is 34.1 Å². The number of sulfone groups is 1. The summed E-state index contributed by atoms with van der Waals surface area (Å²) in [7, 11) is -6.91. The Morgan fingerprint density at radius 2 is 1.48 bits per heavy atom. The van der Waals surface area contributed by atoms with E-state index in [0.29, 0.717) is 0 Å². The molecule has 120 valence electrons. The van der Waals surface area contributed by atoms with Gasteiger partial charge in [-0.15, -0.1) is 12.4 Å². The molecule has 1 aromatic rings. The summed E-state index contributed by atoms with van der Waals surface area (Å²) in [5.41, 5.74) is 0. The minimum atomic E-state index is -3.59. The second-order valence-corrected chi connectivity index (χ2v) is 8.62. The Morgan fingerprint density at radius 3 is 1.95 bits per heavy atom. The maximum atomic E-state index is 12.2. The van der Waals surface area contributed by atoms with Gasteiger partial charge in [-0.3, -0.25) is 0 Å². The standard InChI is InChI=1S/C12H18N2O4S2.ClH/c1-19(15,16)11-2-4-12(5-3-11)20(17,18)14-10-6-8-13-9-7-10;/h2-5,10,13-14H,6-9H2,1H3;1H. The Morgan fingerprint density at radius 1 is 1.00 bits per heavy atom. The number of halogens is 1. The normalized spacial score (nSPS) is 17.2. The third-order valence-electron chi connectivity index (χ3n) is 3.22. The fraction of sp³-hybridized carbons (Fsp3) is 0.500. The highest BCUT2D eigenvalue weighted by Crippen LogP contribution is 2.15. The lowest BCUT2D eigenvalue weighted by molar-refractivity contribution is 0.427. The lowest BCUT2D eigenvalue weighted by atomic mass is 10.1. The molecule has 6 nitrogen and oxygen atoms in total. The van der Waals surface area contributed by atoms with Gasteiger partial charge < -0.3 is 5.32 Å². The van der Waals surface area contributed by atoms with Crippen LogP contribution in [0.2, 0.25) is 0 Å². The van der Waals surface area contributed by atoms with Crippen molar-refractivity contribution < 1.29 is 16.8 Å². The zero-order valence-corrected chi connectivity index (χ0v) is 14.0. The summed E-state index contributed by atoms with van der Waals surface area (Å²) in [5.74, 6) is 0. The first-order valence-corrected chi connectivity index (χ1v) is 9.70. The zero-order chi connectivity index (χ0) is 14.8. The van der Waals surface area contributed by atoms with Crippen molar-refractivity contribution in [3.05, 3.63) is 24.3 Å². The van der Waals surface area contributed by atoms with Crippen LogP contribution in [-0.4, -0.2) is 42.2 Å². The number of piperidine rings is 1. The van der Waals surface area contributed by atoms with Gasteiger partial charge in [-0.05, 0) is 50.2 Å². The molecule has 1 aliphatic rings. The summed E-state index contributed by atoms with van der Waals surface area (Å²) in [6, 6.07) is 5.19. The van der Waals surface area contributed by atoms with Crippen LogP contribution >= 0.6 is 12.4 Å². The molecule has 0 bridgehead atoms. The molecular formula is C12H19ClN2O4S2. The average Bonchev–Trinajstić information content (AvgIpc) is 2.38. The summed E-state index contributed by atoms with van der Waals surface area (Å²) >= 11 is 0. The van der Waals surface area contributed by atoms with Crippen molar-refractivity contribution in [3.63, 3.8) is 0 Å². The number of nitrogens with one attached hydrogen (secondary N) is 2. The molecule has 0 amide bonds. The fourth-order valence-electron chi connectivity index (χ4n) is 2.09. The van der Waals surface area contributed by atoms with E-state index in [1.165, 1.54) is 24.3 Å². The van der Waals surface area contributed by atoms with Crippen molar-refractivity contribution in [2.45, 2.75) is 28.7 Å². The quantitative estimate of drug-likeness (QED) is 0.823. The molecule has 1 aromatic carbocycles. The predicted molar refractivity (Wildman–Crippen MR) is 83.0 cm³/mol. The molecule has 1 aliphatic heterocycles. The maximum Gasteiger partial charge on any atom is 0.240 e. The minimum Gasteiger partial charge on any atom is -0.317 e. The van der Waals surface area contributed by atoms with E-state index in [1.54, 1.807) is 0 Å². The Bertz CT molecular complexity index is 666. The van der Waals surface area contributed by atoms with Gasteiger partial charge in [-0.2, -0.15) is 0 Å². The summed E-state index contributed by atoms with van der Waals surface area (Å²) in [5, 5.41) is 3.16. The van der Waals surface area contributed by atoms with Gasteiger partial charge in [0.25, 0.3) is 0 Å². The van der Waals surface area contributed by atoms with Gasteiger partial charge in [0, 0.05) is 12.3 Å². The van der Waals surface area contributed by atoms with Gasteiger partial charge in [0.05, 0.1) is 9.79 Å². The smallest absolute Gasteiger partial charge is 0.240 e. The van der Waals surface area contributed by atoms with Crippen molar-refractivity contribution in [3.8, 4) is 0 Å². The van der Waals surface area contributed by atoms with E-state index in [1.807, 2.05) is 0 Å². The monoisotopic (exact) mass is 354 g/mol. The van der Waals surface area contributed by atoms with Crippen LogP contribution in [0.5, 0.6) is 0 Å². The fourth-order valence-corrected chi connectivity index (χ4v) is 4.03. The van der Waals surface area contributed by atoms with Crippen LogP contribution in [0.4, 0.5) is 0 Å². The highest BCUT2D eigenvalue weighted by Gasteiger charge is 2.22. The van der Waals surface area contributed by atoms with Gasteiger partial charge in [-0.1, -0.05) is 0 Å². The van der Waals surface area contributed by atoms with Gasteiger partial charge in [0.15, 0.2) is 9.84 Å². The second-order valence-electron chi connectivity index (χ2n) is 4.89. The molecule has 21 heavy (non-hydrogen) atoms. The van der Waals surface area contributed by atoms with E-state index in [0.717, 1.165) is 32.2 Å². The Balaban J connectivity index is 0.00000220. The van der Waals surface area contributed by atoms with Gasteiger partial charge >= 0.3 is 0 Å². The SMILES string of the molecule is CS(=O)(=O)c1ccc(S(=O)(=O)NC2CCNCC2)cc1.Cl. The first-order valence-electron chi connectivity index (χ1n) is 6.32. The maximum absolute atomic E-state index is 12.2. The number of sulfonamides is 1. The van der Waals surface area contributed by atoms with Crippen LogP contribution < -0.4 is 10.0 Å². The molecule has 0 aromatic heterocycles. The molecule has 0 spiro atoms. The van der Waals surface area contributed by atoms with Gasteiger partial charge in [0.1, 0.15) is 0 Å². The molecule has 0 atom stereocenters. The van der Waals surface area contributed by atoms with E-state index >= 15 is 0 Å². The average molecular weight is 355 g/mol. The minimum absolute atomic E-state index is 0.